The molecule has 0 saturated heterocycles. The van der Waals surface area contributed by atoms with Crippen LogP contribution < -0.4 is 27.4 Å². The molecule has 0 aromatic carbocycles. The van der Waals surface area contributed by atoms with Crippen molar-refractivity contribution < 1.29 is 27.4 Å². The van der Waals surface area contributed by atoms with Gasteiger partial charge < -0.3 is 0 Å². The Labute approximate surface area is 288 Å². The topological polar surface area (TPSA) is 23.3 Å². The molecule has 0 aliphatic rings. The van der Waals surface area contributed by atoms with E-state index in [1.54, 1.807) is 0 Å². The average molecular weight is 643 g/mol. The first-order valence-electron chi connectivity index (χ1n) is 17.5. The van der Waals surface area contributed by atoms with Gasteiger partial charge in [0.1, 0.15) is 39.3 Å². The van der Waals surface area contributed by atoms with Crippen LogP contribution in [0.2, 0.25) is 0 Å². The number of aryl methyl sites for hydroxylation is 6. The summed E-state index contributed by atoms with van der Waals surface area (Å²) in [6.45, 7) is 19.0. The van der Waals surface area contributed by atoms with Crippen molar-refractivity contribution >= 4 is 0 Å². The fourth-order valence-electron chi connectivity index (χ4n) is 5.25. The largest absolute Gasteiger partial charge is 0.205 e. The fraction of sp³-hybridized carbons (Fsp3) is 0.286. The van der Waals surface area contributed by atoms with Crippen LogP contribution in [0.3, 0.4) is 0 Å². The first kappa shape index (κ1) is 35.7. The van der Waals surface area contributed by atoms with Crippen molar-refractivity contribution in [2.75, 3.05) is 0 Å². The van der Waals surface area contributed by atoms with Crippen LogP contribution in [0, 0.1) is 0 Å². The minimum atomic E-state index is 1.01. The molecule has 0 aliphatic heterocycles. The van der Waals surface area contributed by atoms with Crippen LogP contribution in [-0.4, -0.2) is 0 Å². The van der Waals surface area contributed by atoms with E-state index in [9.17, 15) is 0 Å². The second kappa shape index (κ2) is 18.9. The van der Waals surface area contributed by atoms with E-state index in [0.29, 0.717) is 0 Å². The molecule has 0 aliphatic carbocycles. The highest BCUT2D eigenvalue weighted by atomic mass is 14.9. The molecule has 6 heterocycles. The quantitative estimate of drug-likeness (QED) is 0.175. The molecule has 6 nitrogen and oxygen atoms in total. The van der Waals surface area contributed by atoms with Crippen LogP contribution in [-0.2, 0) is 39.3 Å². The summed E-state index contributed by atoms with van der Waals surface area (Å²) in [7, 11) is 0. The lowest BCUT2D eigenvalue weighted by Crippen LogP contribution is -2.32. The van der Waals surface area contributed by atoms with Crippen LogP contribution in [0.5, 0.6) is 0 Å². The monoisotopic (exact) mass is 642 g/mol. The summed E-state index contributed by atoms with van der Waals surface area (Å²) in [6.07, 6.45) is 25.6. The zero-order valence-electron chi connectivity index (χ0n) is 29.8. The molecule has 0 spiro atoms. The van der Waals surface area contributed by atoms with Gasteiger partial charge in [-0.15, -0.1) is 0 Å². The molecule has 0 bridgehead atoms. The van der Waals surface area contributed by atoms with E-state index >= 15 is 0 Å². The second-order valence-corrected chi connectivity index (χ2v) is 11.5. The standard InChI is InChI=1S/3C14H18N2/c1-3-15-9-5-13(6-10-15)14-7-11-16(4-2)12-8-14;1-3-15-9-5-7-13(11-15)14-8-6-10-16(4-2)12-14;1-3-15-10-7-13(8-11-15)14-6-5-9-16(4-2)12-14/h3*5-12H,3-4H2,1-2H3/q3*+2. The summed E-state index contributed by atoms with van der Waals surface area (Å²) in [6, 6.07) is 25.7. The van der Waals surface area contributed by atoms with Crippen LogP contribution in [0.25, 0.3) is 33.4 Å². The van der Waals surface area contributed by atoms with Gasteiger partial charge in [-0.2, -0.15) is 0 Å². The number of hydrogen-bond donors (Lipinski definition) is 0. The van der Waals surface area contributed by atoms with Crippen LogP contribution in [0.4, 0.5) is 0 Å². The van der Waals surface area contributed by atoms with E-state index in [1.807, 2.05) is 0 Å². The molecule has 0 radical (unpaired) electrons. The summed E-state index contributed by atoms with van der Waals surface area (Å²) < 4.78 is 13.1. The molecule has 48 heavy (non-hydrogen) atoms. The molecule has 0 amide bonds. The number of aromatic nitrogens is 6. The molecule has 6 aromatic heterocycles. The van der Waals surface area contributed by atoms with Crippen molar-refractivity contribution in [1.29, 1.82) is 0 Å². The normalized spacial score (nSPS) is 10.4. The number of hydrogen-bond acceptors (Lipinski definition) is 0. The van der Waals surface area contributed by atoms with Gasteiger partial charge in [0.2, 0.25) is 0 Å². The van der Waals surface area contributed by atoms with E-state index in [0.717, 1.165) is 39.3 Å². The van der Waals surface area contributed by atoms with E-state index in [2.05, 4.69) is 216 Å². The minimum Gasteiger partial charge on any atom is -0.205 e. The Kier molecular flexibility index (Phi) is 14.1. The molecule has 0 saturated carbocycles. The molecule has 0 fully saturated rings. The average Bonchev–Trinajstić information content (AvgIpc) is 3.18. The van der Waals surface area contributed by atoms with Crippen LogP contribution in [0.15, 0.2) is 147 Å². The van der Waals surface area contributed by atoms with E-state index in [4.69, 9.17) is 0 Å². The van der Waals surface area contributed by atoms with Gasteiger partial charge in [-0.05, 0) is 76.4 Å². The Hall–Kier alpha value is -5.10. The van der Waals surface area contributed by atoms with Crippen molar-refractivity contribution in [2.45, 2.75) is 80.8 Å². The van der Waals surface area contributed by atoms with E-state index in [1.165, 1.54) is 33.4 Å². The molecule has 0 N–H and O–H groups in total. The van der Waals surface area contributed by atoms with Gasteiger partial charge >= 0.3 is 0 Å². The van der Waals surface area contributed by atoms with Gasteiger partial charge in [-0.3, -0.25) is 0 Å². The Morgan fingerprint density at radius 1 is 0.271 bits per heavy atom. The predicted octanol–water partition coefficient (Wildman–Crippen LogP) is 5.91. The molecule has 6 heteroatoms. The van der Waals surface area contributed by atoms with Gasteiger partial charge in [0.25, 0.3) is 0 Å². The third-order valence-corrected chi connectivity index (χ3v) is 8.44. The fourth-order valence-corrected chi connectivity index (χ4v) is 5.25. The van der Waals surface area contributed by atoms with Crippen molar-refractivity contribution in [3.8, 4) is 33.4 Å². The first-order valence-corrected chi connectivity index (χ1v) is 17.5. The number of nitrogens with zero attached hydrogens (tertiary/aromatic N) is 6. The van der Waals surface area contributed by atoms with Gasteiger partial charge in [0.15, 0.2) is 74.4 Å². The number of pyridine rings is 6. The van der Waals surface area contributed by atoms with Crippen molar-refractivity contribution in [1.82, 2.24) is 0 Å². The van der Waals surface area contributed by atoms with Gasteiger partial charge in [-0.1, -0.05) is 0 Å². The molecule has 6 aromatic rings. The Balaban J connectivity index is 0.000000163. The van der Waals surface area contributed by atoms with E-state index < -0.39 is 0 Å². The van der Waals surface area contributed by atoms with Gasteiger partial charge in [-0.25, -0.2) is 27.4 Å². The molecular weight excluding hydrogens is 589 g/mol. The highest BCUT2D eigenvalue weighted by molar-refractivity contribution is 5.61. The molecule has 0 unspecified atom stereocenters. The number of rotatable bonds is 9. The lowest BCUT2D eigenvalue weighted by molar-refractivity contribution is -0.694. The Morgan fingerprint density at radius 3 is 0.750 bits per heavy atom. The summed E-state index contributed by atoms with van der Waals surface area (Å²) in [4.78, 5) is 0. The zero-order chi connectivity index (χ0) is 34.1. The third kappa shape index (κ3) is 10.5. The lowest BCUT2D eigenvalue weighted by atomic mass is 10.1. The van der Waals surface area contributed by atoms with Gasteiger partial charge in [0, 0.05) is 60.2 Å². The summed E-state index contributed by atoms with van der Waals surface area (Å²) in [5.41, 5.74) is 7.63. The molecule has 0 atom stereocenters. The first-order chi connectivity index (χ1) is 23.5. The molecular formula is C42H54N6+6. The van der Waals surface area contributed by atoms with Crippen molar-refractivity contribution in [2.24, 2.45) is 0 Å². The summed E-state index contributed by atoms with van der Waals surface area (Å²) in [5, 5.41) is 0. The van der Waals surface area contributed by atoms with Crippen LogP contribution >= 0.6 is 0 Å². The maximum absolute atomic E-state index is 2.19. The summed E-state index contributed by atoms with van der Waals surface area (Å²) in [5.74, 6) is 0. The second-order valence-electron chi connectivity index (χ2n) is 11.5. The van der Waals surface area contributed by atoms with Gasteiger partial charge in [0.05, 0.1) is 11.1 Å². The molecule has 6 rings (SSSR count). The minimum absolute atomic E-state index is 1.01. The van der Waals surface area contributed by atoms with Crippen molar-refractivity contribution in [3.05, 3.63) is 147 Å². The highest BCUT2D eigenvalue weighted by Gasteiger charge is 2.08. The Bertz CT molecular complexity index is 1720. The molecule has 246 valence electrons. The maximum Gasteiger partial charge on any atom is 0.176 e. The van der Waals surface area contributed by atoms with Crippen molar-refractivity contribution in [3.63, 3.8) is 0 Å². The van der Waals surface area contributed by atoms with Crippen LogP contribution in [0.1, 0.15) is 41.5 Å². The zero-order valence-corrected chi connectivity index (χ0v) is 29.8. The third-order valence-electron chi connectivity index (χ3n) is 8.44. The smallest absolute Gasteiger partial charge is 0.176 e. The Morgan fingerprint density at radius 2 is 0.500 bits per heavy atom. The maximum atomic E-state index is 2.19. The summed E-state index contributed by atoms with van der Waals surface area (Å²) >= 11 is 0. The SMILES string of the molecule is CC[n+]1ccc(-c2cc[n+](CC)cc2)cc1.CC[n+]1ccc(-c2ccc[n+](CC)c2)cc1.CC[n+]1cccc(-c2ccc[n+](CC)c2)c1. The highest BCUT2D eigenvalue weighted by Crippen LogP contribution is 2.16. The predicted molar refractivity (Wildman–Crippen MR) is 191 cm³/mol. The lowest BCUT2D eigenvalue weighted by Gasteiger charge is -1.99. The van der Waals surface area contributed by atoms with E-state index in [-0.39, 0.29) is 0 Å².